The molecule has 22 heavy (non-hydrogen) atoms. The van der Waals surface area contributed by atoms with E-state index in [1.54, 1.807) is 12.1 Å². The van der Waals surface area contributed by atoms with Gasteiger partial charge in [-0.3, -0.25) is 4.79 Å². The molecule has 1 aliphatic heterocycles. The van der Waals surface area contributed by atoms with Gasteiger partial charge >= 0.3 is 0 Å². The van der Waals surface area contributed by atoms with Crippen molar-refractivity contribution in [3.8, 4) is 0 Å². The van der Waals surface area contributed by atoms with Gasteiger partial charge in [0.1, 0.15) is 0 Å². The van der Waals surface area contributed by atoms with Crippen LogP contribution in [-0.4, -0.2) is 11.1 Å². The molecule has 1 saturated heterocycles. The highest BCUT2D eigenvalue weighted by Crippen LogP contribution is 2.30. The summed E-state index contributed by atoms with van der Waals surface area (Å²) in [4.78, 5) is 17.0. The second-order valence-electron chi connectivity index (χ2n) is 4.48. The van der Waals surface area contributed by atoms with Crippen LogP contribution in [0.4, 0.5) is 5.69 Å². The van der Waals surface area contributed by atoms with Crippen molar-refractivity contribution < 1.29 is 4.79 Å². The lowest BCUT2D eigenvalue weighted by Gasteiger charge is -1.97. The molecule has 0 spiro atoms. The molecule has 3 rings (SSSR count). The molecule has 3 nitrogen and oxygen atoms in total. The fourth-order valence-corrected chi connectivity index (χ4v) is 3.13. The van der Waals surface area contributed by atoms with Crippen LogP contribution in [-0.2, 0) is 4.79 Å². The summed E-state index contributed by atoms with van der Waals surface area (Å²) >= 11 is 10.8. The van der Waals surface area contributed by atoms with Gasteiger partial charge in [0.05, 0.1) is 10.6 Å². The summed E-state index contributed by atoms with van der Waals surface area (Å²) in [5.74, 6) is -0.166. The molecule has 0 unspecified atom stereocenters. The van der Waals surface area contributed by atoms with Crippen LogP contribution in [0.5, 0.6) is 0 Å². The Morgan fingerprint density at radius 3 is 2.59 bits per heavy atom. The summed E-state index contributed by atoms with van der Waals surface area (Å²) in [6.07, 6.45) is 1.77. The maximum absolute atomic E-state index is 12.0. The number of nitrogens with zero attached hydrogens (tertiary/aromatic N) is 1. The zero-order valence-electron chi connectivity index (χ0n) is 11.2. The maximum atomic E-state index is 12.0. The number of benzene rings is 2. The predicted octanol–water partition coefficient (Wildman–Crippen LogP) is 4.99. The number of aliphatic imine (C=N–C) groups is 1. The van der Waals surface area contributed by atoms with E-state index in [0.29, 0.717) is 15.1 Å². The van der Waals surface area contributed by atoms with Gasteiger partial charge in [-0.1, -0.05) is 45.7 Å². The van der Waals surface area contributed by atoms with Crippen LogP contribution >= 0.6 is 39.3 Å². The number of nitrogens with one attached hydrogen (secondary N) is 1. The summed E-state index contributed by atoms with van der Waals surface area (Å²) in [5.41, 5.74) is 1.59. The molecule has 0 atom stereocenters. The van der Waals surface area contributed by atoms with Crippen molar-refractivity contribution in [2.75, 3.05) is 0 Å². The van der Waals surface area contributed by atoms with E-state index < -0.39 is 0 Å². The molecular formula is C16H10BrClN2OS. The number of thioether (sulfide) groups is 1. The van der Waals surface area contributed by atoms with E-state index >= 15 is 0 Å². The van der Waals surface area contributed by atoms with E-state index in [2.05, 4.69) is 26.2 Å². The Labute approximate surface area is 145 Å². The Bertz CT molecular complexity index is 787. The second kappa shape index (κ2) is 6.69. The highest BCUT2D eigenvalue weighted by Gasteiger charge is 2.23. The number of amides is 1. The Morgan fingerprint density at radius 2 is 1.86 bits per heavy atom. The van der Waals surface area contributed by atoms with Gasteiger partial charge in [-0.2, -0.15) is 0 Å². The minimum absolute atomic E-state index is 0.166. The molecule has 0 radical (unpaired) electrons. The van der Waals surface area contributed by atoms with Crippen LogP contribution in [0.3, 0.4) is 0 Å². The van der Waals surface area contributed by atoms with E-state index in [1.807, 2.05) is 42.5 Å². The number of hydrogen-bond donors (Lipinski definition) is 1. The second-order valence-corrected chi connectivity index (χ2v) is 6.83. The average molecular weight is 394 g/mol. The summed E-state index contributed by atoms with van der Waals surface area (Å²) in [7, 11) is 0. The van der Waals surface area contributed by atoms with Crippen LogP contribution in [0.15, 0.2) is 62.9 Å². The van der Waals surface area contributed by atoms with Crippen molar-refractivity contribution in [1.29, 1.82) is 0 Å². The summed E-state index contributed by atoms with van der Waals surface area (Å²) < 4.78 is 0.985. The molecule has 1 heterocycles. The number of rotatable bonds is 2. The fraction of sp³-hybridized carbons (Fsp3) is 0. The van der Waals surface area contributed by atoms with Crippen molar-refractivity contribution in [1.82, 2.24) is 5.32 Å². The number of carbonyl (C=O) groups is 1. The molecule has 2 aromatic carbocycles. The first-order valence-corrected chi connectivity index (χ1v) is 8.40. The van der Waals surface area contributed by atoms with E-state index in [1.165, 1.54) is 11.8 Å². The van der Waals surface area contributed by atoms with E-state index in [0.717, 1.165) is 15.7 Å². The van der Waals surface area contributed by atoms with Crippen LogP contribution in [0.2, 0.25) is 5.02 Å². The van der Waals surface area contributed by atoms with E-state index in [-0.39, 0.29) is 5.91 Å². The van der Waals surface area contributed by atoms with Gasteiger partial charge in [-0.25, -0.2) is 4.99 Å². The molecule has 0 aliphatic carbocycles. The van der Waals surface area contributed by atoms with Crippen molar-refractivity contribution in [2.24, 2.45) is 4.99 Å². The van der Waals surface area contributed by atoms with Gasteiger partial charge < -0.3 is 5.32 Å². The van der Waals surface area contributed by atoms with Crippen LogP contribution in [0.1, 0.15) is 5.56 Å². The van der Waals surface area contributed by atoms with Gasteiger partial charge in [0.15, 0.2) is 5.17 Å². The zero-order valence-corrected chi connectivity index (χ0v) is 14.4. The van der Waals surface area contributed by atoms with Crippen molar-refractivity contribution in [3.05, 3.63) is 68.5 Å². The maximum Gasteiger partial charge on any atom is 0.264 e. The average Bonchev–Trinajstić information content (AvgIpc) is 2.84. The first kappa shape index (κ1) is 15.3. The Kier molecular flexibility index (Phi) is 4.66. The first-order chi connectivity index (χ1) is 10.6. The highest BCUT2D eigenvalue weighted by atomic mass is 79.9. The zero-order chi connectivity index (χ0) is 15.5. The lowest BCUT2D eigenvalue weighted by molar-refractivity contribution is -0.115. The smallest absolute Gasteiger partial charge is 0.264 e. The van der Waals surface area contributed by atoms with Gasteiger partial charge in [-0.15, -0.1) is 0 Å². The van der Waals surface area contributed by atoms with Crippen molar-refractivity contribution >= 4 is 62.1 Å². The molecule has 1 fully saturated rings. The molecule has 0 saturated carbocycles. The minimum Gasteiger partial charge on any atom is -0.300 e. The quantitative estimate of drug-likeness (QED) is 0.730. The molecule has 1 N–H and O–H groups in total. The van der Waals surface area contributed by atoms with Crippen LogP contribution in [0.25, 0.3) is 6.08 Å². The SMILES string of the molecule is O=C1NC(=Nc2ccc(Br)cc2)SC1=Cc1ccccc1Cl. The van der Waals surface area contributed by atoms with Gasteiger partial charge in [0.25, 0.3) is 5.91 Å². The van der Waals surface area contributed by atoms with Crippen molar-refractivity contribution in [2.45, 2.75) is 0 Å². The third kappa shape index (κ3) is 3.61. The molecular weight excluding hydrogens is 384 g/mol. The largest absolute Gasteiger partial charge is 0.300 e. The molecule has 0 bridgehead atoms. The summed E-state index contributed by atoms with van der Waals surface area (Å²) in [6.45, 7) is 0. The number of hydrogen-bond acceptors (Lipinski definition) is 3. The topological polar surface area (TPSA) is 41.5 Å². The lowest BCUT2D eigenvalue weighted by atomic mass is 10.2. The predicted molar refractivity (Wildman–Crippen MR) is 96.4 cm³/mol. The standard InChI is InChI=1S/C16H10BrClN2OS/c17-11-5-7-12(8-6-11)19-16-20-15(21)14(22-16)9-10-3-1-2-4-13(10)18/h1-9H,(H,19,20,21). The molecule has 110 valence electrons. The van der Waals surface area contributed by atoms with Gasteiger partial charge in [0.2, 0.25) is 0 Å². The number of amidine groups is 1. The third-order valence-electron chi connectivity index (χ3n) is 2.90. The lowest BCUT2D eigenvalue weighted by Crippen LogP contribution is -2.19. The summed E-state index contributed by atoms with van der Waals surface area (Å²) in [6, 6.07) is 15.0. The molecule has 0 aromatic heterocycles. The number of halogens is 2. The van der Waals surface area contributed by atoms with Crippen LogP contribution in [0, 0.1) is 0 Å². The monoisotopic (exact) mass is 392 g/mol. The molecule has 2 aromatic rings. The van der Waals surface area contributed by atoms with Gasteiger partial charge in [0, 0.05) is 9.50 Å². The highest BCUT2D eigenvalue weighted by molar-refractivity contribution is 9.10. The van der Waals surface area contributed by atoms with Gasteiger partial charge in [-0.05, 0) is 53.7 Å². The van der Waals surface area contributed by atoms with Crippen LogP contribution < -0.4 is 5.32 Å². The molecule has 1 aliphatic rings. The van der Waals surface area contributed by atoms with E-state index in [4.69, 9.17) is 11.6 Å². The Hall–Kier alpha value is -1.56. The minimum atomic E-state index is -0.166. The third-order valence-corrected chi connectivity index (χ3v) is 4.68. The van der Waals surface area contributed by atoms with E-state index in [9.17, 15) is 4.79 Å². The molecule has 6 heteroatoms. The summed E-state index contributed by atoms with van der Waals surface area (Å²) in [5, 5.41) is 3.93. The first-order valence-electron chi connectivity index (χ1n) is 6.41. The Morgan fingerprint density at radius 1 is 1.14 bits per heavy atom. The fourth-order valence-electron chi connectivity index (χ4n) is 1.85. The molecule has 1 amide bonds. The normalized spacial score (nSPS) is 18.0. The van der Waals surface area contributed by atoms with Crippen molar-refractivity contribution in [3.63, 3.8) is 0 Å². The Balaban J connectivity index is 1.84. The number of carbonyl (C=O) groups excluding carboxylic acids is 1.